The molecular weight excluding hydrogens is 374 g/mol. The van der Waals surface area contributed by atoms with Crippen LogP contribution >= 0.6 is 11.8 Å². The standard InChI is InChI=1S/C21H23N3O3S/c1-14-4-7-18(8-5-14)24-15(2)12-17(16(24)3)6-9-19(25)22-10-11-23-20(26)13-28-21(23)27/h4-9,12H,10-11,13H2,1-3H3,(H,22,25)/b9-6+. The van der Waals surface area contributed by atoms with Crippen molar-refractivity contribution in [2.24, 2.45) is 0 Å². The number of hydrogen-bond donors (Lipinski definition) is 1. The zero-order valence-electron chi connectivity index (χ0n) is 16.2. The second-order valence-electron chi connectivity index (χ2n) is 6.72. The third kappa shape index (κ3) is 4.36. The average Bonchev–Trinajstić information content (AvgIpc) is 3.13. The summed E-state index contributed by atoms with van der Waals surface area (Å²) in [5.74, 6) is -0.279. The summed E-state index contributed by atoms with van der Waals surface area (Å²) in [4.78, 5) is 36.3. The lowest BCUT2D eigenvalue weighted by atomic mass is 10.2. The summed E-state index contributed by atoms with van der Waals surface area (Å²) in [7, 11) is 0. The number of carbonyl (C=O) groups is 3. The fraction of sp³-hybridized carbons (Fsp3) is 0.286. The summed E-state index contributed by atoms with van der Waals surface area (Å²) >= 11 is 0.992. The van der Waals surface area contributed by atoms with Gasteiger partial charge in [0.05, 0.1) is 5.75 Å². The highest BCUT2D eigenvalue weighted by Crippen LogP contribution is 2.22. The van der Waals surface area contributed by atoms with Gasteiger partial charge in [-0.05, 0) is 50.6 Å². The summed E-state index contributed by atoms with van der Waals surface area (Å²) in [6.45, 7) is 6.55. The van der Waals surface area contributed by atoms with Gasteiger partial charge in [0.15, 0.2) is 0 Å². The van der Waals surface area contributed by atoms with E-state index in [2.05, 4.69) is 41.1 Å². The minimum Gasteiger partial charge on any atom is -0.351 e. The number of aromatic nitrogens is 1. The van der Waals surface area contributed by atoms with E-state index in [-0.39, 0.29) is 35.9 Å². The molecular formula is C21H23N3O3S. The molecule has 0 radical (unpaired) electrons. The molecule has 3 amide bonds. The summed E-state index contributed by atoms with van der Waals surface area (Å²) in [6.07, 6.45) is 3.26. The lowest BCUT2D eigenvalue weighted by Crippen LogP contribution is -2.37. The van der Waals surface area contributed by atoms with Gasteiger partial charge in [-0.3, -0.25) is 19.3 Å². The van der Waals surface area contributed by atoms with E-state index in [9.17, 15) is 14.4 Å². The Kier molecular flexibility index (Phi) is 6.04. The predicted molar refractivity (Wildman–Crippen MR) is 112 cm³/mol. The van der Waals surface area contributed by atoms with E-state index >= 15 is 0 Å². The van der Waals surface area contributed by atoms with Crippen LogP contribution in [0.5, 0.6) is 0 Å². The van der Waals surface area contributed by atoms with E-state index in [0.29, 0.717) is 0 Å². The molecule has 2 heterocycles. The number of benzene rings is 1. The number of thioether (sulfide) groups is 1. The van der Waals surface area contributed by atoms with Gasteiger partial charge in [0.1, 0.15) is 0 Å². The number of amides is 3. The van der Waals surface area contributed by atoms with Crippen LogP contribution in [-0.2, 0) is 9.59 Å². The van der Waals surface area contributed by atoms with Crippen molar-refractivity contribution in [1.29, 1.82) is 0 Å². The molecule has 1 N–H and O–H groups in total. The lowest BCUT2D eigenvalue weighted by Gasteiger charge is -2.12. The Morgan fingerprint density at radius 2 is 1.89 bits per heavy atom. The summed E-state index contributed by atoms with van der Waals surface area (Å²) < 4.78 is 2.15. The largest absolute Gasteiger partial charge is 0.351 e. The van der Waals surface area contributed by atoms with Crippen molar-refractivity contribution in [3.63, 3.8) is 0 Å². The summed E-state index contributed by atoms with van der Waals surface area (Å²) in [6, 6.07) is 10.3. The van der Waals surface area contributed by atoms with Gasteiger partial charge in [-0.1, -0.05) is 29.5 Å². The smallest absolute Gasteiger partial charge is 0.288 e. The third-order valence-electron chi connectivity index (χ3n) is 4.65. The molecule has 0 bridgehead atoms. The van der Waals surface area contributed by atoms with Crippen molar-refractivity contribution in [2.75, 3.05) is 18.8 Å². The lowest BCUT2D eigenvalue weighted by molar-refractivity contribution is -0.125. The van der Waals surface area contributed by atoms with Crippen LogP contribution in [0.4, 0.5) is 4.79 Å². The molecule has 28 heavy (non-hydrogen) atoms. The Hall–Kier alpha value is -2.80. The quantitative estimate of drug-likeness (QED) is 0.760. The topological polar surface area (TPSA) is 71.4 Å². The Labute approximate surface area is 168 Å². The SMILES string of the molecule is Cc1ccc(-n2c(C)cc(/C=C/C(=O)NCCN3C(=O)CSC3=O)c2C)cc1. The molecule has 1 aromatic heterocycles. The molecule has 0 unspecified atom stereocenters. The first-order valence-corrected chi connectivity index (χ1v) is 10.0. The van der Waals surface area contributed by atoms with Gasteiger partial charge >= 0.3 is 0 Å². The zero-order valence-corrected chi connectivity index (χ0v) is 17.0. The fourth-order valence-electron chi connectivity index (χ4n) is 3.16. The molecule has 1 aliphatic heterocycles. The molecule has 1 aromatic carbocycles. The Bertz CT molecular complexity index is 929. The van der Waals surface area contributed by atoms with E-state index in [0.717, 1.165) is 34.4 Å². The van der Waals surface area contributed by atoms with Crippen LogP contribution in [0.1, 0.15) is 22.5 Å². The second-order valence-corrected chi connectivity index (χ2v) is 7.65. The van der Waals surface area contributed by atoms with E-state index in [4.69, 9.17) is 0 Å². The normalized spacial score (nSPS) is 14.3. The average molecular weight is 398 g/mol. The Balaban J connectivity index is 1.61. The maximum atomic E-state index is 12.1. The first-order chi connectivity index (χ1) is 13.4. The molecule has 1 aliphatic rings. The van der Waals surface area contributed by atoms with Crippen molar-refractivity contribution in [2.45, 2.75) is 20.8 Å². The first kappa shape index (κ1) is 19.9. The van der Waals surface area contributed by atoms with Gasteiger partial charge in [0, 0.05) is 36.2 Å². The van der Waals surface area contributed by atoms with Gasteiger partial charge in [-0.25, -0.2) is 0 Å². The van der Waals surface area contributed by atoms with Crippen molar-refractivity contribution >= 4 is 34.9 Å². The Morgan fingerprint density at radius 3 is 2.54 bits per heavy atom. The van der Waals surface area contributed by atoms with Crippen LogP contribution in [0, 0.1) is 20.8 Å². The van der Waals surface area contributed by atoms with Crippen LogP contribution in [0.15, 0.2) is 36.4 Å². The minimum absolute atomic E-state index is 0.184. The molecule has 2 aromatic rings. The second kappa shape index (κ2) is 8.48. The first-order valence-electron chi connectivity index (χ1n) is 9.06. The minimum atomic E-state index is -0.258. The Morgan fingerprint density at radius 1 is 1.18 bits per heavy atom. The molecule has 6 nitrogen and oxygen atoms in total. The molecule has 0 saturated carbocycles. The van der Waals surface area contributed by atoms with Crippen molar-refractivity contribution in [1.82, 2.24) is 14.8 Å². The molecule has 0 aliphatic carbocycles. The third-order valence-corrected chi connectivity index (χ3v) is 5.51. The predicted octanol–water partition coefficient (Wildman–Crippen LogP) is 3.23. The maximum absolute atomic E-state index is 12.1. The summed E-state index contributed by atoms with van der Waals surface area (Å²) in [5, 5.41) is 2.46. The van der Waals surface area contributed by atoms with Crippen LogP contribution < -0.4 is 5.32 Å². The van der Waals surface area contributed by atoms with Gasteiger partial charge in [0.2, 0.25) is 11.8 Å². The number of carbonyl (C=O) groups excluding carboxylic acids is 3. The van der Waals surface area contributed by atoms with Crippen LogP contribution in [-0.4, -0.2) is 45.4 Å². The van der Waals surface area contributed by atoms with Gasteiger partial charge < -0.3 is 9.88 Å². The van der Waals surface area contributed by atoms with Crippen LogP contribution in [0.25, 0.3) is 11.8 Å². The van der Waals surface area contributed by atoms with Gasteiger partial charge in [0.25, 0.3) is 5.24 Å². The van der Waals surface area contributed by atoms with Gasteiger partial charge in [-0.15, -0.1) is 0 Å². The highest BCUT2D eigenvalue weighted by atomic mass is 32.2. The van der Waals surface area contributed by atoms with Crippen molar-refractivity contribution in [3.8, 4) is 5.69 Å². The van der Waals surface area contributed by atoms with E-state index in [1.807, 2.05) is 19.9 Å². The molecule has 7 heteroatoms. The molecule has 0 atom stereocenters. The van der Waals surface area contributed by atoms with E-state index in [1.54, 1.807) is 6.08 Å². The summed E-state index contributed by atoms with van der Waals surface area (Å²) in [5.41, 5.74) is 5.40. The van der Waals surface area contributed by atoms with E-state index < -0.39 is 0 Å². The molecule has 146 valence electrons. The van der Waals surface area contributed by atoms with E-state index in [1.165, 1.54) is 16.5 Å². The van der Waals surface area contributed by atoms with Gasteiger partial charge in [-0.2, -0.15) is 0 Å². The maximum Gasteiger partial charge on any atom is 0.288 e. The fourth-order valence-corrected chi connectivity index (χ4v) is 3.91. The number of imide groups is 1. The van der Waals surface area contributed by atoms with Crippen LogP contribution in [0.3, 0.4) is 0 Å². The van der Waals surface area contributed by atoms with Crippen LogP contribution in [0.2, 0.25) is 0 Å². The highest BCUT2D eigenvalue weighted by molar-refractivity contribution is 8.14. The van der Waals surface area contributed by atoms with Crippen molar-refractivity contribution < 1.29 is 14.4 Å². The zero-order chi connectivity index (χ0) is 20.3. The molecule has 1 saturated heterocycles. The van der Waals surface area contributed by atoms with Crippen molar-refractivity contribution in [3.05, 3.63) is 58.9 Å². The number of hydrogen-bond acceptors (Lipinski definition) is 4. The molecule has 0 spiro atoms. The molecule has 3 rings (SSSR count). The molecule has 1 fully saturated rings. The number of rotatable bonds is 6. The number of aryl methyl sites for hydroxylation is 2. The number of nitrogens with one attached hydrogen (secondary N) is 1. The highest BCUT2D eigenvalue weighted by Gasteiger charge is 2.29. The number of nitrogens with zero attached hydrogens (tertiary/aromatic N) is 2. The monoisotopic (exact) mass is 397 g/mol.